The Bertz CT molecular complexity index is 462. The Morgan fingerprint density at radius 1 is 1.35 bits per heavy atom. The van der Waals surface area contributed by atoms with Crippen molar-refractivity contribution in [2.75, 3.05) is 6.54 Å². The van der Waals surface area contributed by atoms with Crippen LogP contribution in [0.5, 0.6) is 5.75 Å². The number of ether oxygens (including phenoxy) is 1. The van der Waals surface area contributed by atoms with Gasteiger partial charge in [0.05, 0.1) is 0 Å². The highest BCUT2D eigenvalue weighted by Gasteiger charge is 2.54. The zero-order valence-electron chi connectivity index (χ0n) is 12.4. The van der Waals surface area contributed by atoms with Gasteiger partial charge in [0.2, 0.25) is 0 Å². The van der Waals surface area contributed by atoms with Crippen molar-refractivity contribution in [2.24, 2.45) is 5.41 Å². The summed E-state index contributed by atoms with van der Waals surface area (Å²) in [5.74, 6) is 0.0619. The second kappa shape index (κ2) is 6.44. The lowest BCUT2D eigenvalue weighted by molar-refractivity contribution is -0.0868. The summed E-state index contributed by atoms with van der Waals surface area (Å²) in [5, 5.41) is 3.53. The van der Waals surface area contributed by atoms with Crippen molar-refractivity contribution in [1.82, 2.24) is 5.32 Å². The molecule has 1 aliphatic carbocycles. The highest BCUT2D eigenvalue weighted by Crippen LogP contribution is 2.49. The summed E-state index contributed by atoms with van der Waals surface area (Å²) < 4.78 is 20.6. The van der Waals surface area contributed by atoms with Gasteiger partial charge >= 0.3 is 0 Å². The molecule has 0 saturated heterocycles. The molecule has 112 valence electrons. The lowest BCUT2D eigenvalue weighted by Gasteiger charge is -2.55. The molecule has 4 heteroatoms. The first-order valence-corrected chi connectivity index (χ1v) is 8.21. The van der Waals surface area contributed by atoms with E-state index in [2.05, 4.69) is 42.0 Å². The van der Waals surface area contributed by atoms with Crippen LogP contribution in [0, 0.1) is 11.2 Å². The second-order valence-corrected chi connectivity index (χ2v) is 6.38. The van der Waals surface area contributed by atoms with Crippen molar-refractivity contribution < 1.29 is 9.13 Å². The van der Waals surface area contributed by atoms with Crippen molar-refractivity contribution in [3.8, 4) is 5.75 Å². The summed E-state index contributed by atoms with van der Waals surface area (Å²) in [4.78, 5) is 0. The minimum absolute atomic E-state index is 0.0947. The van der Waals surface area contributed by atoms with E-state index in [1.165, 1.54) is 6.07 Å². The average molecular weight is 344 g/mol. The topological polar surface area (TPSA) is 21.3 Å². The predicted octanol–water partition coefficient (Wildman–Crippen LogP) is 4.52. The van der Waals surface area contributed by atoms with E-state index in [0.29, 0.717) is 11.8 Å². The fourth-order valence-electron chi connectivity index (χ4n) is 3.37. The van der Waals surface area contributed by atoms with Crippen LogP contribution in [0.4, 0.5) is 4.39 Å². The van der Waals surface area contributed by atoms with Crippen LogP contribution in [-0.4, -0.2) is 18.7 Å². The zero-order valence-corrected chi connectivity index (χ0v) is 14.0. The first-order chi connectivity index (χ1) is 9.57. The van der Waals surface area contributed by atoms with Crippen molar-refractivity contribution in [3.63, 3.8) is 0 Å². The molecule has 0 heterocycles. The SMILES string of the molecule is CCNC1CC(Oc2ccc(Br)cc2F)C1(CC)CC. The van der Waals surface area contributed by atoms with Gasteiger partial charge < -0.3 is 10.1 Å². The number of nitrogens with one attached hydrogen (secondary N) is 1. The highest BCUT2D eigenvalue weighted by molar-refractivity contribution is 9.10. The molecule has 1 aliphatic rings. The van der Waals surface area contributed by atoms with Crippen LogP contribution < -0.4 is 10.1 Å². The van der Waals surface area contributed by atoms with Gasteiger partial charge in [0.15, 0.2) is 11.6 Å². The average Bonchev–Trinajstić information content (AvgIpc) is 2.41. The molecule has 1 N–H and O–H groups in total. The summed E-state index contributed by atoms with van der Waals surface area (Å²) in [7, 11) is 0. The van der Waals surface area contributed by atoms with E-state index >= 15 is 0 Å². The number of rotatable bonds is 6. The summed E-state index contributed by atoms with van der Waals surface area (Å²) in [6.45, 7) is 7.48. The molecule has 2 unspecified atom stereocenters. The van der Waals surface area contributed by atoms with Crippen LogP contribution in [-0.2, 0) is 0 Å². The molecular formula is C16H23BrFNO. The normalized spacial score (nSPS) is 24.2. The Hall–Kier alpha value is -0.610. The first kappa shape index (κ1) is 15.8. The quantitative estimate of drug-likeness (QED) is 0.819. The minimum Gasteiger partial charge on any atom is -0.487 e. The molecule has 1 aromatic rings. The summed E-state index contributed by atoms with van der Waals surface area (Å²) in [6.07, 6.45) is 3.14. The molecule has 1 fully saturated rings. The van der Waals surface area contributed by atoms with Crippen LogP contribution in [0.1, 0.15) is 40.0 Å². The van der Waals surface area contributed by atoms with Crippen molar-refractivity contribution in [2.45, 2.75) is 52.2 Å². The maximum absolute atomic E-state index is 13.9. The Balaban J connectivity index is 2.13. The molecule has 2 nitrogen and oxygen atoms in total. The van der Waals surface area contributed by atoms with Crippen LogP contribution in [0.3, 0.4) is 0 Å². The predicted molar refractivity (Wildman–Crippen MR) is 83.6 cm³/mol. The molecule has 0 amide bonds. The molecule has 2 rings (SSSR count). The largest absolute Gasteiger partial charge is 0.487 e. The molecule has 20 heavy (non-hydrogen) atoms. The van der Waals surface area contributed by atoms with Gasteiger partial charge in [-0.05, 0) is 37.6 Å². The third-order valence-electron chi connectivity index (χ3n) is 4.72. The van der Waals surface area contributed by atoms with Gasteiger partial charge in [-0.25, -0.2) is 4.39 Å². The minimum atomic E-state index is -0.299. The van der Waals surface area contributed by atoms with Gasteiger partial charge in [-0.2, -0.15) is 0 Å². The van der Waals surface area contributed by atoms with Crippen molar-refractivity contribution in [1.29, 1.82) is 0 Å². The summed E-state index contributed by atoms with van der Waals surface area (Å²) >= 11 is 3.27. The van der Waals surface area contributed by atoms with E-state index in [4.69, 9.17) is 4.74 Å². The van der Waals surface area contributed by atoms with E-state index in [1.54, 1.807) is 6.07 Å². The molecule has 2 atom stereocenters. The monoisotopic (exact) mass is 343 g/mol. The third-order valence-corrected chi connectivity index (χ3v) is 5.21. The van der Waals surface area contributed by atoms with Gasteiger partial charge in [-0.1, -0.05) is 36.7 Å². The number of hydrogen-bond donors (Lipinski definition) is 1. The van der Waals surface area contributed by atoms with Crippen LogP contribution in [0.25, 0.3) is 0 Å². The fraction of sp³-hybridized carbons (Fsp3) is 0.625. The van der Waals surface area contributed by atoms with E-state index in [-0.39, 0.29) is 17.3 Å². The third kappa shape index (κ3) is 2.73. The van der Waals surface area contributed by atoms with Crippen LogP contribution in [0.2, 0.25) is 0 Å². The molecule has 0 bridgehead atoms. The van der Waals surface area contributed by atoms with E-state index < -0.39 is 0 Å². The lowest BCUT2D eigenvalue weighted by Crippen LogP contribution is -2.64. The second-order valence-electron chi connectivity index (χ2n) is 5.47. The zero-order chi connectivity index (χ0) is 14.8. The molecule has 1 saturated carbocycles. The van der Waals surface area contributed by atoms with Gasteiger partial charge in [0, 0.05) is 22.4 Å². The highest BCUT2D eigenvalue weighted by atomic mass is 79.9. The molecule has 0 aliphatic heterocycles. The van der Waals surface area contributed by atoms with Crippen LogP contribution in [0.15, 0.2) is 22.7 Å². The molecular weight excluding hydrogens is 321 g/mol. The van der Waals surface area contributed by atoms with Crippen molar-refractivity contribution in [3.05, 3.63) is 28.5 Å². The number of hydrogen-bond acceptors (Lipinski definition) is 2. The smallest absolute Gasteiger partial charge is 0.166 e. The first-order valence-electron chi connectivity index (χ1n) is 7.42. The molecule has 0 spiro atoms. The molecule has 1 aromatic carbocycles. The Morgan fingerprint density at radius 2 is 2.05 bits per heavy atom. The maximum atomic E-state index is 13.9. The summed E-state index contributed by atoms with van der Waals surface area (Å²) in [6, 6.07) is 5.45. The van der Waals surface area contributed by atoms with Gasteiger partial charge in [-0.3, -0.25) is 0 Å². The van der Waals surface area contributed by atoms with Crippen molar-refractivity contribution >= 4 is 15.9 Å². The standard InChI is InChI=1S/C16H23BrFNO/c1-4-16(5-2)14(19-6-3)10-15(16)20-13-8-7-11(17)9-12(13)18/h7-9,14-15,19H,4-6,10H2,1-3H3. The molecule has 0 aromatic heterocycles. The van der Waals surface area contributed by atoms with Gasteiger partial charge in [0.1, 0.15) is 6.10 Å². The van der Waals surface area contributed by atoms with E-state index in [9.17, 15) is 4.39 Å². The Labute approximate surface area is 129 Å². The number of halogens is 2. The number of benzene rings is 1. The van der Waals surface area contributed by atoms with Crippen LogP contribution >= 0.6 is 15.9 Å². The van der Waals surface area contributed by atoms with Gasteiger partial charge in [-0.15, -0.1) is 0 Å². The molecule has 0 radical (unpaired) electrons. The Morgan fingerprint density at radius 3 is 2.60 bits per heavy atom. The maximum Gasteiger partial charge on any atom is 0.166 e. The van der Waals surface area contributed by atoms with E-state index in [0.717, 1.165) is 30.3 Å². The Kier molecular flexibility index (Phi) is 5.08. The van der Waals surface area contributed by atoms with E-state index in [1.807, 2.05) is 6.07 Å². The fourth-order valence-corrected chi connectivity index (χ4v) is 3.70. The van der Waals surface area contributed by atoms with Gasteiger partial charge in [0.25, 0.3) is 0 Å². The summed E-state index contributed by atoms with van der Waals surface area (Å²) in [5.41, 5.74) is 0.121. The lowest BCUT2D eigenvalue weighted by atomic mass is 9.58.